The van der Waals surface area contributed by atoms with E-state index in [1.54, 1.807) is 0 Å². The molecule has 0 radical (unpaired) electrons. The first-order chi connectivity index (χ1) is 21.3. The number of allylic oxidation sites excluding steroid dienone is 2. The molecule has 0 aromatic rings. The topological polar surface area (TPSA) is 44.8 Å². The van der Waals surface area contributed by atoms with Crippen molar-refractivity contribution >= 4 is 46.7 Å². The maximum Gasteiger partial charge on any atom is 0.192 e. The molecule has 8 heteroatoms. The Labute approximate surface area is 304 Å². The largest absolute Gasteiger partial charge is 0.414 e. The third-order valence-electron chi connectivity index (χ3n) is 11.8. The number of hydrogen-bond acceptors (Lipinski definition) is 4. The van der Waals surface area contributed by atoms with Crippen molar-refractivity contribution in [1.29, 1.82) is 0 Å². The van der Waals surface area contributed by atoms with Crippen molar-refractivity contribution in [3.05, 3.63) is 24.3 Å². The van der Waals surface area contributed by atoms with E-state index in [4.69, 9.17) is 13.3 Å². The van der Waals surface area contributed by atoms with Crippen molar-refractivity contribution in [2.75, 3.05) is 5.33 Å². The molecule has 47 heavy (non-hydrogen) atoms. The molecule has 5 atom stereocenters. The summed E-state index contributed by atoms with van der Waals surface area (Å²) in [5.41, 5.74) is 0. The molecule has 1 aliphatic rings. The molecule has 276 valence electrons. The van der Waals surface area contributed by atoms with Crippen LogP contribution in [-0.4, -0.2) is 54.4 Å². The fraction of sp³-hybridized carbons (Fsp3) is 0.872. The minimum absolute atomic E-state index is 0.125. The molecule has 0 spiro atoms. The smallest absolute Gasteiger partial charge is 0.192 e. The number of ketones is 1. The van der Waals surface area contributed by atoms with Gasteiger partial charge in [-0.15, -0.1) is 0 Å². The molecule has 0 aromatic carbocycles. The van der Waals surface area contributed by atoms with Crippen LogP contribution in [0.3, 0.4) is 0 Å². The predicted octanol–water partition coefficient (Wildman–Crippen LogP) is 13.0. The van der Waals surface area contributed by atoms with Gasteiger partial charge in [-0.2, -0.15) is 0 Å². The van der Waals surface area contributed by atoms with Crippen LogP contribution in [0.15, 0.2) is 24.3 Å². The van der Waals surface area contributed by atoms with E-state index in [9.17, 15) is 4.79 Å². The van der Waals surface area contributed by atoms with Crippen LogP contribution in [0.2, 0.25) is 54.4 Å². The number of carbonyl (C=O) groups is 1. The van der Waals surface area contributed by atoms with Crippen LogP contribution in [-0.2, 0) is 18.1 Å². The lowest BCUT2D eigenvalue weighted by Gasteiger charge is -2.40. The standard InChI is InChI=1S/C39H77BrO4Si3/c1-17-18-21-25-32(42-45(11,12)37(2,3)4)27-28-34-33(26-23-20-19-22-24-31(41)30-40)35(43-46(13,14)38(5,6)7)29-36(34)44-47(15,16)39(8,9)10/h20,23,27-28,32-36H,17-19,21-22,24-26,29-30H2,1-16H3/t32-,33+,34+,35-,36+/m0/s1. The predicted molar refractivity (Wildman–Crippen MR) is 217 cm³/mol. The summed E-state index contributed by atoms with van der Waals surface area (Å²) in [5, 5.41) is 0.892. The van der Waals surface area contributed by atoms with Gasteiger partial charge in [0.15, 0.2) is 25.0 Å². The summed E-state index contributed by atoms with van der Waals surface area (Å²) in [6.45, 7) is 37.7. The van der Waals surface area contributed by atoms with Crippen LogP contribution >= 0.6 is 15.9 Å². The van der Waals surface area contributed by atoms with Crippen molar-refractivity contribution in [2.24, 2.45) is 11.8 Å². The third kappa shape index (κ3) is 14.4. The van der Waals surface area contributed by atoms with Gasteiger partial charge in [-0.05, 0) is 92.4 Å². The quantitative estimate of drug-likeness (QED) is 0.0567. The van der Waals surface area contributed by atoms with Crippen molar-refractivity contribution in [3.8, 4) is 0 Å². The molecular weight excluding hydrogens is 697 g/mol. The van der Waals surface area contributed by atoms with Gasteiger partial charge >= 0.3 is 0 Å². The highest BCUT2D eigenvalue weighted by Crippen LogP contribution is 2.48. The molecule has 0 N–H and O–H groups in total. The molecule has 1 aliphatic carbocycles. The number of carbonyl (C=O) groups excluding carboxylic acids is 1. The van der Waals surface area contributed by atoms with Crippen molar-refractivity contribution < 1.29 is 18.1 Å². The summed E-state index contributed by atoms with van der Waals surface area (Å²) < 4.78 is 21.7. The Morgan fingerprint density at radius 1 is 0.787 bits per heavy atom. The minimum atomic E-state index is -2.03. The van der Waals surface area contributed by atoms with E-state index in [1.807, 2.05) is 0 Å². The Morgan fingerprint density at radius 2 is 1.32 bits per heavy atom. The van der Waals surface area contributed by atoms with E-state index in [-0.39, 0.29) is 45.1 Å². The second kappa shape index (κ2) is 18.6. The van der Waals surface area contributed by atoms with E-state index >= 15 is 0 Å². The lowest BCUT2D eigenvalue weighted by Crippen LogP contribution is -2.45. The summed E-state index contributed by atoms with van der Waals surface area (Å²) in [4.78, 5) is 11.8. The first-order valence-corrected chi connectivity index (χ1v) is 28.6. The van der Waals surface area contributed by atoms with Gasteiger partial charge in [0.25, 0.3) is 0 Å². The summed E-state index contributed by atoms with van der Waals surface area (Å²) in [6, 6.07) is 0. The zero-order chi connectivity index (χ0) is 36.5. The maximum absolute atomic E-state index is 11.8. The number of rotatable bonds is 19. The van der Waals surface area contributed by atoms with Gasteiger partial charge in [0.05, 0.1) is 23.6 Å². The summed E-state index contributed by atoms with van der Waals surface area (Å²) >= 11 is 3.30. The fourth-order valence-corrected chi connectivity index (χ4v) is 9.82. The summed E-state index contributed by atoms with van der Waals surface area (Å²) in [7, 11) is -5.99. The number of hydrogen-bond donors (Lipinski definition) is 0. The zero-order valence-corrected chi connectivity index (χ0v) is 38.4. The summed E-state index contributed by atoms with van der Waals surface area (Å²) in [5.74, 6) is 0.871. The molecule has 1 rings (SSSR count). The normalized spacial score (nSPS) is 22.9. The SMILES string of the molecule is CCCCC[C@@H](C=C[C@@H]1[C@@H](CC=CCCCC(=O)CBr)[C@@H](O[Si](C)(C)C(C)(C)C)C[C@H]1O[Si](C)(C)C(C)(C)C)O[Si](C)(C)C(C)(C)C. The van der Waals surface area contributed by atoms with Crippen molar-refractivity contribution in [3.63, 3.8) is 0 Å². The van der Waals surface area contributed by atoms with E-state index in [1.165, 1.54) is 19.3 Å². The molecule has 0 bridgehead atoms. The van der Waals surface area contributed by atoms with Crippen LogP contribution in [0.1, 0.15) is 127 Å². The van der Waals surface area contributed by atoms with Crippen LogP contribution in [0.4, 0.5) is 0 Å². The Hall–Kier alpha value is 0.161. The van der Waals surface area contributed by atoms with Gasteiger partial charge in [0, 0.05) is 12.3 Å². The van der Waals surface area contributed by atoms with Crippen LogP contribution in [0, 0.1) is 11.8 Å². The van der Waals surface area contributed by atoms with Crippen LogP contribution in [0.25, 0.3) is 0 Å². The Kier molecular flexibility index (Phi) is 17.9. The molecular formula is C39H77BrO4Si3. The maximum atomic E-state index is 11.8. The van der Waals surface area contributed by atoms with Crippen molar-refractivity contribution in [2.45, 2.75) is 200 Å². The number of alkyl halides is 1. The van der Waals surface area contributed by atoms with Crippen molar-refractivity contribution in [1.82, 2.24) is 0 Å². The monoisotopic (exact) mass is 772 g/mol. The highest BCUT2D eigenvalue weighted by molar-refractivity contribution is 9.09. The molecule has 1 saturated carbocycles. The molecule has 0 aromatic heterocycles. The highest BCUT2D eigenvalue weighted by atomic mass is 79.9. The average Bonchev–Trinajstić information content (AvgIpc) is 3.20. The fourth-order valence-electron chi connectivity index (χ4n) is 5.49. The molecule has 4 nitrogen and oxygen atoms in total. The molecule has 0 saturated heterocycles. The second-order valence-electron chi connectivity index (χ2n) is 18.9. The Balaban J connectivity index is 3.60. The van der Waals surface area contributed by atoms with Gasteiger partial charge < -0.3 is 13.3 Å². The molecule has 0 unspecified atom stereocenters. The second-order valence-corrected chi connectivity index (χ2v) is 33.7. The van der Waals surface area contributed by atoms with E-state index in [0.717, 1.165) is 32.1 Å². The first-order valence-electron chi connectivity index (χ1n) is 18.7. The van der Waals surface area contributed by atoms with Gasteiger partial charge in [0.1, 0.15) is 5.78 Å². The Bertz CT molecular complexity index is 1000. The highest BCUT2D eigenvalue weighted by Gasteiger charge is 2.50. The van der Waals surface area contributed by atoms with Crippen LogP contribution < -0.4 is 0 Å². The lowest BCUT2D eigenvalue weighted by molar-refractivity contribution is -0.116. The minimum Gasteiger partial charge on any atom is -0.414 e. The van der Waals surface area contributed by atoms with E-state index in [0.29, 0.717) is 17.7 Å². The zero-order valence-electron chi connectivity index (χ0n) is 33.8. The average molecular weight is 774 g/mol. The van der Waals surface area contributed by atoms with Gasteiger partial charge in [-0.25, -0.2) is 0 Å². The Morgan fingerprint density at radius 3 is 1.81 bits per heavy atom. The summed E-state index contributed by atoms with van der Waals surface area (Å²) in [6.07, 6.45) is 19.1. The first kappa shape index (κ1) is 45.2. The van der Waals surface area contributed by atoms with Gasteiger partial charge in [-0.1, -0.05) is 129 Å². The van der Waals surface area contributed by atoms with E-state index in [2.05, 4.69) is 149 Å². The molecule has 0 amide bonds. The van der Waals surface area contributed by atoms with E-state index < -0.39 is 25.0 Å². The van der Waals surface area contributed by atoms with Crippen LogP contribution in [0.5, 0.6) is 0 Å². The molecule has 0 aliphatic heterocycles. The number of Topliss-reactive ketones (excluding diaryl/α,β-unsaturated/α-hetero) is 1. The van der Waals surface area contributed by atoms with Gasteiger partial charge in [0.2, 0.25) is 0 Å². The molecule has 1 fully saturated rings. The molecule has 0 heterocycles. The third-order valence-corrected chi connectivity index (χ3v) is 26.0. The lowest BCUT2D eigenvalue weighted by atomic mass is 9.89. The van der Waals surface area contributed by atoms with Gasteiger partial charge in [-0.3, -0.25) is 4.79 Å². The number of halogens is 1. The number of unbranched alkanes of at least 4 members (excludes halogenated alkanes) is 3.